The fourth-order valence-corrected chi connectivity index (χ4v) is 8.34. The molecule has 0 aromatic heterocycles. The van der Waals surface area contributed by atoms with Crippen molar-refractivity contribution in [1.29, 1.82) is 0 Å². The summed E-state index contributed by atoms with van der Waals surface area (Å²) in [5, 5.41) is 1.18. The van der Waals surface area contributed by atoms with Gasteiger partial charge in [0.15, 0.2) is 0 Å². The summed E-state index contributed by atoms with van der Waals surface area (Å²) < 4.78 is 20.9. The van der Waals surface area contributed by atoms with Crippen LogP contribution < -0.4 is 5.19 Å². The van der Waals surface area contributed by atoms with Crippen molar-refractivity contribution in [3.8, 4) is 0 Å². The first-order valence-electron chi connectivity index (χ1n) is 11.9. The van der Waals surface area contributed by atoms with E-state index >= 15 is 0 Å². The highest BCUT2D eigenvalue weighted by atomic mass is 28.4. The van der Waals surface area contributed by atoms with Gasteiger partial charge >= 0.3 is 8.80 Å². The summed E-state index contributed by atoms with van der Waals surface area (Å²) in [5.74, 6) is 0. The third-order valence-corrected chi connectivity index (χ3v) is 9.72. The third kappa shape index (κ3) is 5.47. The lowest BCUT2D eigenvalue weighted by Crippen LogP contribution is -2.61. The van der Waals surface area contributed by atoms with Gasteiger partial charge in [-0.2, -0.15) is 0 Å². The van der Waals surface area contributed by atoms with Crippen molar-refractivity contribution in [3.63, 3.8) is 0 Å². The smallest absolute Gasteiger partial charge is 0.367 e. The average molecular weight is 403 g/mol. The van der Waals surface area contributed by atoms with E-state index in [1.807, 2.05) is 0 Å². The molecule has 1 aromatic carbocycles. The maximum Gasteiger partial charge on any atom is 0.537 e. The Labute approximate surface area is 172 Å². The molecule has 1 aromatic rings. The zero-order valence-corrected chi connectivity index (χ0v) is 18.5. The van der Waals surface area contributed by atoms with Crippen molar-refractivity contribution in [3.05, 3.63) is 30.3 Å². The van der Waals surface area contributed by atoms with Crippen molar-refractivity contribution in [2.45, 2.75) is 115 Å². The van der Waals surface area contributed by atoms with Gasteiger partial charge in [0, 0.05) is 23.5 Å². The molecular weight excluding hydrogens is 364 g/mol. The van der Waals surface area contributed by atoms with Crippen LogP contribution in [0.1, 0.15) is 96.3 Å². The quantitative estimate of drug-likeness (QED) is 0.533. The van der Waals surface area contributed by atoms with Gasteiger partial charge in [0.25, 0.3) is 0 Å². The molecule has 0 unspecified atom stereocenters. The lowest BCUT2D eigenvalue weighted by Gasteiger charge is -2.40. The molecule has 0 radical (unpaired) electrons. The van der Waals surface area contributed by atoms with Crippen LogP contribution in [0.5, 0.6) is 0 Å². The highest BCUT2D eigenvalue weighted by molar-refractivity contribution is 6.75. The minimum atomic E-state index is -2.93. The summed E-state index contributed by atoms with van der Waals surface area (Å²) in [7, 11) is -2.93. The average Bonchev–Trinajstić information content (AvgIpc) is 2.76. The number of hydrogen-bond acceptors (Lipinski definition) is 3. The predicted molar refractivity (Wildman–Crippen MR) is 116 cm³/mol. The normalized spacial score (nSPS) is 23.7. The molecule has 3 nitrogen and oxygen atoms in total. The highest BCUT2D eigenvalue weighted by Crippen LogP contribution is 2.32. The minimum absolute atomic E-state index is 0.299. The Balaban J connectivity index is 1.61. The van der Waals surface area contributed by atoms with E-state index in [0.29, 0.717) is 18.3 Å². The second-order valence-corrected chi connectivity index (χ2v) is 11.5. The highest BCUT2D eigenvalue weighted by Gasteiger charge is 2.49. The Morgan fingerprint density at radius 1 is 0.500 bits per heavy atom. The van der Waals surface area contributed by atoms with E-state index in [0.717, 1.165) is 38.5 Å². The molecule has 4 rings (SSSR count). The fourth-order valence-electron chi connectivity index (χ4n) is 5.14. The van der Waals surface area contributed by atoms with E-state index in [9.17, 15) is 0 Å². The monoisotopic (exact) mass is 402 g/mol. The van der Waals surface area contributed by atoms with E-state index in [4.69, 9.17) is 13.3 Å². The van der Waals surface area contributed by atoms with Crippen LogP contribution in [0.2, 0.25) is 0 Å². The Kier molecular flexibility index (Phi) is 7.63. The summed E-state index contributed by atoms with van der Waals surface area (Å²) in [6, 6.07) is 10.7. The Morgan fingerprint density at radius 3 is 1.21 bits per heavy atom. The van der Waals surface area contributed by atoms with Gasteiger partial charge in [-0.1, -0.05) is 88.1 Å². The molecule has 0 saturated heterocycles. The van der Waals surface area contributed by atoms with Crippen LogP contribution in [-0.4, -0.2) is 27.1 Å². The first-order chi connectivity index (χ1) is 13.8. The standard InChI is InChI=1S/C24H38O3Si/c1-5-13-21(14-6-1)25-28(24-19-11-4-12-20-24,26-22-15-7-2-8-16-22)27-23-17-9-3-10-18-23/h4,11-12,19-23H,1-3,5-10,13-18H2. The van der Waals surface area contributed by atoms with Gasteiger partial charge in [-0.15, -0.1) is 0 Å². The zero-order valence-electron chi connectivity index (χ0n) is 17.5. The first kappa shape index (κ1) is 20.6. The van der Waals surface area contributed by atoms with Gasteiger partial charge in [-0.05, 0) is 38.5 Å². The summed E-state index contributed by atoms with van der Waals surface area (Å²) in [6.07, 6.45) is 19.5. The van der Waals surface area contributed by atoms with E-state index in [1.165, 1.54) is 63.0 Å². The summed E-state index contributed by atoms with van der Waals surface area (Å²) in [6.45, 7) is 0. The second-order valence-electron chi connectivity index (χ2n) is 9.06. The summed E-state index contributed by atoms with van der Waals surface area (Å²) >= 11 is 0. The lowest BCUT2D eigenvalue weighted by atomic mass is 9.98. The van der Waals surface area contributed by atoms with Gasteiger partial charge in [0.1, 0.15) is 0 Å². The summed E-state index contributed by atoms with van der Waals surface area (Å²) in [5.41, 5.74) is 0. The van der Waals surface area contributed by atoms with Crippen molar-refractivity contribution >= 4 is 14.0 Å². The molecule has 3 aliphatic rings. The molecule has 3 saturated carbocycles. The minimum Gasteiger partial charge on any atom is -0.367 e. The van der Waals surface area contributed by atoms with E-state index in [2.05, 4.69) is 30.3 Å². The van der Waals surface area contributed by atoms with Gasteiger partial charge in [-0.3, -0.25) is 0 Å². The Morgan fingerprint density at radius 2 is 0.857 bits per heavy atom. The van der Waals surface area contributed by atoms with Crippen LogP contribution in [0.15, 0.2) is 30.3 Å². The van der Waals surface area contributed by atoms with Crippen LogP contribution in [0, 0.1) is 0 Å². The van der Waals surface area contributed by atoms with Gasteiger partial charge in [0.05, 0.1) is 0 Å². The number of hydrogen-bond donors (Lipinski definition) is 0. The predicted octanol–water partition coefficient (Wildman–Crippen LogP) is 5.88. The van der Waals surface area contributed by atoms with Crippen molar-refractivity contribution < 1.29 is 13.3 Å². The fraction of sp³-hybridized carbons (Fsp3) is 0.750. The third-order valence-electron chi connectivity index (χ3n) is 6.75. The van der Waals surface area contributed by atoms with Crippen molar-refractivity contribution in [1.82, 2.24) is 0 Å². The topological polar surface area (TPSA) is 27.7 Å². The molecule has 0 amide bonds. The number of benzene rings is 1. The molecule has 156 valence electrons. The largest absolute Gasteiger partial charge is 0.537 e. The van der Waals surface area contributed by atoms with Crippen molar-refractivity contribution in [2.75, 3.05) is 0 Å². The van der Waals surface area contributed by atoms with E-state index in [1.54, 1.807) is 0 Å². The molecule has 4 heteroatoms. The van der Waals surface area contributed by atoms with Crippen LogP contribution in [0.3, 0.4) is 0 Å². The SMILES string of the molecule is c1ccc([Si](OC2CCCCC2)(OC2CCCCC2)OC2CCCCC2)cc1. The second kappa shape index (κ2) is 10.4. The van der Waals surface area contributed by atoms with Gasteiger partial charge in [0.2, 0.25) is 0 Å². The molecule has 28 heavy (non-hydrogen) atoms. The molecule has 0 aliphatic heterocycles. The molecule has 0 spiro atoms. The Bertz CT molecular complexity index is 510. The molecule has 0 bridgehead atoms. The Hall–Kier alpha value is -0.683. The molecule has 0 heterocycles. The van der Waals surface area contributed by atoms with Gasteiger partial charge < -0.3 is 13.3 Å². The molecule has 0 atom stereocenters. The molecule has 0 N–H and O–H groups in total. The van der Waals surface area contributed by atoms with Crippen LogP contribution in [0.25, 0.3) is 0 Å². The van der Waals surface area contributed by atoms with Crippen molar-refractivity contribution in [2.24, 2.45) is 0 Å². The zero-order chi connectivity index (χ0) is 19.1. The van der Waals surface area contributed by atoms with E-state index in [-0.39, 0.29) is 0 Å². The van der Waals surface area contributed by atoms with E-state index < -0.39 is 8.80 Å². The maximum atomic E-state index is 6.97. The van der Waals surface area contributed by atoms with Gasteiger partial charge in [-0.25, -0.2) is 0 Å². The molecule has 3 fully saturated rings. The van der Waals surface area contributed by atoms with Crippen LogP contribution >= 0.6 is 0 Å². The molecule has 3 aliphatic carbocycles. The van der Waals surface area contributed by atoms with Crippen LogP contribution in [-0.2, 0) is 13.3 Å². The summed E-state index contributed by atoms with van der Waals surface area (Å²) in [4.78, 5) is 0. The first-order valence-corrected chi connectivity index (χ1v) is 13.7. The van der Waals surface area contributed by atoms with Crippen LogP contribution in [0.4, 0.5) is 0 Å². The molecular formula is C24H38O3Si. The lowest BCUT2D eigenvalue weighted by molar-refractivity contribution is -0.0307. The maximum absolute atomic E-state index is 6.97. The number of rotatable bonds is 7.